The molecule has 0 aliphatic heterocycles. The number of fused-ring (bicyclic) bond motifs is 9. The third kappa shape index (κ3) is 3.59. The molecule has 0 amide bonds. The molecular weight excluding hydrogens is 522 g/mol. The molecule has 8 aromatic carbocycles. The third-order valence-corrected chi connectivity index (χ3v) is 8.84. The van der Waals surface area contributed by atoms with Crippen LogP contribution in [0.3, 0.4) is 0 Å². The highest BCUT2D eigenvalue weighted by Gasteiger charge is 2.16. The summed E-state index contributed by atoms with van der Waals surface area (Å²) in [6, 6.07) is 49.6. The van der Waals surface area contributed by atoms with Crippen molar-refractivity contribution in [2.24, 2.45) is 0 Å². The van der Waals surface area contributed by atoms with E-state index in [2.05, 4.69) is 126 Å². The van der Waals surface area contributed by atoms with Crippen molar-refractivity contribution in [3.05, 3.63) is 151 Å². The van der Waals surface area contributed by atoms with E-state index in [1.54, 1.807) is 0 Å². The summed E-state index contributed by atoms with van der Waals surface area (Å²) in [5, 5.41) is 11.9. The van der Waals surface area contributed by atoms with Crippen LogP contribution >= 0.6 is 0 Å². The highest BCUT2D eigenvalue weighted by atomic mass is 16.3. The summed E-state index contributed by atoms with van der Waals surface area (Å²) in [6.07, 6.45) is 0. The first-order valence-electron chi connectivity index (χ1n) is 14.5. The minimum Gasteiger partial charge on any atom is -0.456 e. The summed E-state index contributed by atoms with van der Waals surface area (Å²) in [4.78, 5) is 3.64. The van der Waals surface area contributed by atoms with E-state index in [-0.39, 0.29) is 0 Å². The van der Waals surface area contributed by atoms with E-state index in [4.69, 9.17) is 11.0 Å². The molecule has 0 saturated heterocycles. The molecule has 1 aromatic heterocycles. The highest BCUT2D eigenvalue weighted by molar-refractivity contribution is 6.24. The predicted molar refractivity (Wildman–Crippen MR) is 181 cm³/mol. The van der Waals surface area contributed by atoms with Crippen molar-refractivity contribution in [2.75, 3.05) is 0 Å². The number of benzene rings is 8. The van der Waals surface area contributed by atoms with Gasteiger partial charge in [-0.2, -0.15) is 0 Å². The van der Waals surface area contributed by atoms with Gasteiger partial charge in [0.25, 0.3) is 0 Å². The second-order valence-corrected chi connectivity index (χ2v) is 11.2. The molecule has 0 aliphatic rings. The van der Waals surface area contributed by atoms with Crippen LogP contribution < -0.4 is 0 Å². The van der Waals surface area contributed by atoms with Gasteiger partial charge in [0, 0.05) is 10.8 Å². The zero-order chi connectivity index (χ0) is 28.5. The molecule has 1 heterocycles. The number of nitrogens with zero attached hydrogens (tertiary/aromatic N) is 1. The smallest absolute Gasteiger partial charge is 0.188 e. The Balaban J connectivity index is 1.35. The van der Waals surface area contributed by atoms with Gasteiger partial charge in [-0.05, 0) is 108 Å². The Labute approximate surface area is 247 Å². The molecule has 198 valence electrons. The molecule has 0 fully saturated rings. The van der Waals surface area contributed by atoms with Crippen LogP contribution in [-0.2, 0) is 0 Å². The fraction of sp³-hybridized carbons (Fsp3) is 0. The van der Waals surface area contributed by atoms with Crippen LogP contribution in [-0.4, -0.2) is 0 Å². The summed E-state index contributed by atoms with van der Waals surface area (Å²) >= 11 is 0. The lowest BCUT2D eigenvalue weighted by Crippen LogP contribution is -1.89. The molecule has 9 aromatic rings. The molecule has 0 aliphatic carbocycles. The minimum atomic E-state index is 0.616. The van der Waals surface area contributed by atoms with Crippen molar-refractivity contribution < 1.29 is 4.42 Å². The summed E-state index contributed by atoms with van der Waals surface area (Å²) < 4.78 is 6.14. The Morgan fingerprint density at radius 3 is 1.60 bits per heavy atom. The van der Waals surface area contributed by atoms with Crippen LogP contribution in [0.4, 0.5) is 5.69 Å². The van der Waals surface area contributed by atoms with Crippen LogP contribution in [0, 0.1) is 6.57 Å². The van der Waals surface area contributed by atoms with Crippen molar-refractivity contribution >= 4 is 70.7 Å². The Kier molecular flexibility index (Phi) is 5.00. The molecular formula is C41H23NO. The van der Waals surface area contributed by atoms with E-state index in [1.807, 2.05) is 18.2 Å². The summed E-state index contributed by atoms with van der Waals surface area (Å²) in [5.41, 5.74) is 7.03. The molecule has 0 bridgehead atoms. The fourth-order valence-corrected chi connectivity index (χ4v) is 6.79. The van der Waals surface area contributed by atoms with Crippen LogP contribution in [0.2, 0.25) is 0 Å². The molecule has 0 atom stereocenters. The van der Waals surface area contributed by atoms with E-state index in [9.17, 15) is 0 Å². The second-order valence-electron chi connectivity index (χ2n) is 11.2. The lowest BCUT2D eigenvalue weighted by molar-refractivity contribution is 0.669. The number of hydrogen-bond donors (Lipinski definition) is 0. The molecule has 2 nitrogen and oxygen atoms in total. The largest absolute Gasteiger partial charge is 0.456 e. The Bertz CT molecular complexity index is 2630. The lowest BCUT2D eigenvalue weighted by atomic mass is 9.87. The van der Waals surface area contributed by atoms with E-state index >= 15 is 0 Å². The zero-order valence-corrected chi connectivity index (χ0v) is 23.1. The third-order valence-electron chi connectivity index (χ3n) is 8.84. The van der Waals surface area contributed by atoms with Gasteiger partial charge in [0.05, 0.1) is 6.57 Å². The summed E-state index contributed by atoms with van der Waals surface area (Å²) in [6.45, 7) is 7.49. The zero-order valence-electron chi connectivity index (χ0n) is 23.1. The Morgan fingerprint density at radius 2 is 0.930 bits per heavy atom. The van der Waals surface area contributed by atoms with Gasteiger partial charge in [0.2, 0.25) is 0 Å². The number of rotatable bonds is 2. The van der Waals surface area contributed by atoms with Gasteiger partial charge in [-0.25, -0.2) is 4.85 Å². The van der Waals surface area contributed by atoms with Crippen molar-refractivity contribution in [1.82, 2.24) is 0 Å². The van der Waals surface area contributed by atoms with E-state index in [1.165, 1.54) is 59.8 Å². The molecule has 0 saturated carbocycles. The van der Waals surface area contributed by atoms with Gasteiger partial charge in [0.1, 0.15) is 11.2 Å². The fourth-order valence-electron chi connectivity index (χ4n) is 6.79. The SMILES string of the molecule is [C-]#[N+]c1ccc2oc3ccc(-c4cc5c6ccccc6c(-c6ccc7ccccc7c6)cc5c5ccccc45)cc3c2c1. The monoisotopic (exact) mass is 545 g/mol. The van der Waals surface area contributed by atoms with Gasteiger partial charge in [0.15, 0.2) is 5.69 Å². The average molecular weight is 546 g/mol. The Hall–Kier alpha value is -5.91. The van der Waals surface area contributed by atoms with Crippen LogP contribution in [0.15, 0.2) is 144 Å². The predicted octanol–water partition coefficient (Wildman–Crippen LogP) is 12.1. The molecule has 0 unspecified atom stereocenters. The minimum absolute atomic E-state index is 0.616. The normalized spacial score (nSPS) is 11.7. The summed E-state index contributed by atoms with van der Waals surface area (Å²) in [5.74, 6) is 0. The average Bonchev–Trinajstić information content (AvgIpc) is 3.44. The maximum atomic E-state index is 7.49. The summed E-state index contributed by atoms with van der Waals surface area (Å²) in [7, 11) is 0. The van der Waals surface area contributed by atoms with E-state index in [0.717, 1.165) is 27.5 Å². The van der Waals surface area contributed by atoms with Crippen LogP contribution in [0.25, 0.3) is 92.1 Å². The molecule has 2 heteroatoms. The highest BCUT2D eigenvalue weighted by Crippen LogP contribution is 2.43. The maximum absolute atomic E-state index is 7.49. The number of furan rings is 1. The van der Waals surface area contributed by atoms with Crippen LogP contribution in [0.1, 0.15) is 0 Å². The Morgan fingerprint density at radius 1 is 0.395 bits per heavy atom. The quantitative estimate of drug-likeness (QED) is 0.156. The van der Waals surface area contributed by atoms with Crippen molar-refractivity contribution in [1.29, 1.82) is 0 Å². The molecule has 0 spiro atoms. The first kappa shape index (κ1) is 23.8. The van der Waals surface area contributed by atoms with Crippen LogP contribution in [0.5, 0.6) is 0 Å². The van der Waals surface area contributed by atoms with Gasteiger partial charge < -0.3 is 4.42 Å². The second kappa shape index (κ2) is 9.05. The van der Waals surface area contributed by atoms with Gasteiger partial charge in [-0.3, -0.25) is 0 Å². The molecule has 0 radical (unpaired) electrons. The van der Waals surface area contributed by atoms with Crippen molar-refractivity contribution in [2.45, 2.75) is 0 Å². The van der Waals surface area contributed by atoms with Gasteiger partial charge in [-0.1, -0.05) is 97.1 Å². The van der Waals surface area contributed by atoms with E-state index < -0.39 is 0 Å². The molecule has 9 rings (SSSR count). The number of hydrogen-bond acceptors (Lipinski definition) is 1. The first-order valence-corrected chi connectivity index (χ1v) is 14.5. The molecule has 0 N–H and O–H groups in total. The molecule has 43 heavy (non-hydrogen) atoms. The lowest BCUT2D eigenvalue weighted by Gasteiger charge is -2.16. The standard InChI is InChI=1S/C41H23NO/c1-42-29-17-19-41-39(22-29)38-21-28(16-18-40(38)43-41)35-24-37-32-12-6-4-10-30(32)34(23-36(37)33-13-7-5-11-31(33)35)27-15-14-25-8-2-3-9-26(25)20-27/h2-24H. The van der Waals surface area contributed by atoms with Gasteiger partial charge >= 0.3 is 0 Å². The topological polar surface area (TPSA) is 17.5 Å². The van der Waals surface area contributed by atoms with Crippen molar-refractivity contribution in [3.8, 4) is 22.3 Å². The first-order chi connectivity index (χ1) is 21.2. The van der Waals surface area contributed by atoms with Crippen molar-refractivity contribution in [3.63, 3.8) is 0 Å². The van der Waals surface area contributed by atoms with Gasteiger partial charge in [-0.15, -0.1) is 0 Å². The maximum Gasteiger partial charge on any atom is 0.188 e. The van der Waals surface area contributed by atoms with E-state index in [0.29, 0.717) is 5.69 Å².